The number of carbonyl (C=O) groups excluding carboxylic acids is 2. The largest absolute Gasteiger partial charge is 0.444 e. The Morgan fingerprint density at radius 2 is 1.81 bits per heavy atom. The van der Waals surface area contributed by atoms with E-state index in [0.717, 1.165) is 0 Å². The molecule has 0 saturated carbocycles. The highest BCUT2D eigenvalue weighted by Crippen LogP contribution is 2.06. The molecule has 0 aromatic rings. The van der Waals surface area contributed by atoms with E-state index in [1.165, 1.54) is 0 Å². The van der Waals surface area contributed by atoms with Gasteiger partial charge in [-0.2, -0.15) is 0 Å². The van der Waals surface area contributed by atoms with E-state index in [4.69, 9.17) is 4.74 Å². The third-order valence-corrected chi connectivity index (χ3v) is 2.52. The highest BCUT2D eigenvalue weighted by atomic mass is 16.6. The lowest BCUT2D eigenvalue weighted by atomic mass is 10.1. The van der Waals surface area contributed by atoms with E-state index in [1.54, 1.807) is 34.6 Å². The van der Waals surface area contributed by atoms with Gasteiger partial charge in [-0.05, 0) is 41.5 Å². The van der Waals surface area contributed by atoms with Crippen molar-refractivity contribution in [1.29, 1.82) is 0 Å². The topological polar surface area (TPSA) is 99.7 Å². The summed E-state index contributed by atoms with van der Waals surface area (Å²) in [6, 6.07) is -0.955. The van der Waals surface area contributed by atoms with E-state index in [0.29, 0.717) is 13.1 Å². The Morgan fingerprint density at radius 3 is 2.24 bits per heavy atom. The molecule has 0 aliphatic heterocycles. The van der Waals surface area contributed by atoms with Gasteiger partial charge in [0.15, 0.2) is 0 Å². The average Bonchev–Trinajstić information content (AvgIpc) is 2.25. The van der Waals surface area contributed by atoms with Crippen molar-refractivity contribution in [3.8, 4) is 0 Å². The zero-order valence-corrected chi connectivity index (χ0v) is 13.8. The second-order valence-electron chi connectivity index (χ2n) is 6.07. The fourth-order valence-electron chi connectivity index (χ4n) is 1.63. The van der Waals surface area contributed by atoms with Crippen molar-refractivity contribution in [2.24, 2.45) is 0 Å². The van der Waals surface area contributed by atoms with Gasteiger partial charge in [0, 0.05) is 19.1 Å². The number of amides is 2. The molecule has 0 aromatic heterocycles. The van der Waals surface area contributed by atoms with Crippen molar-refractivity contribution in [3.05, 3.63) is 0 Å². The monoisotopic (exact) mass is 303 g/mol. The highest BCUT2D eigenvalue weighted by molar-refractivity contribution is 5.82. The normalized spacial score (nSPS) is 15.8. The van der Waals surface area contributed by atoms with Crippen LogP contribution in [0.1, 0.15) is 41.5 Å². The molecule has 0 spiro atoms. The molecule has 0 aliphatic carbocycles. The van der Waals surface area contributed by atoms with Crippen molar-refractivity contribution in [3.63, 3.8) is 0 Å². The van der Waals surface area contributed by atoms with Crippen LogP contribution in [0.5, 0.6) is 0 Å². The summed E-state index contributed by atoms with van der Waals surface area (Å²) < 4.78 is 5.14. The van der Waals surface area contributed by atoms with Crippen LogP contribution in [0, 0.1) is 0 Å². The Morgan fingerprint density at radius 1 is 1.24 bits per heavy atom. The van der Waals surface area contributed by atoms with E-state index < -0.39 is 23.8 Å². The predicted molar refractivity (Wildman–Crippen MR) is 81.0 cm³/mol. The maximum atomic E-state index is 11.8. The molecular formula is C14H29N3O4. The molecule has 21 heavy (non-hydrogen) atoms. The minimum atomic E-state index is -0.828. The SMILES string of the molecule is CCNC(=O)C(NCC(C)NC(=O)OC(C)(C)C)C(C)O. The number of ether oxygens (including phenoxy) is 1. The Balaban J connectivity index is 4.28. The van der Waals surface area contributed by atoms with Crippen LogP contribution >= 0.6 is 0 Å². The van der Waals surface area contributed by atoms with E-state index in [1.807, 2.05) is 6.92 Å². The van der Waals surface area contributed by atoms with E-state index >= 15 is 0 Å². The summed E-state index contributed by atoms with van der Waals surface area (Å²) in [7, 11) is 0. The molecule has 2 amide bonds. The summed E-state index contributed by atoms with van der Waals surface area (Å²) in [6.45, 7) is 11.3. The second kappa shape index (κ2) is 8.84. The molecule has 0 fully saturated rings. The second-order valence-corrected chi connectivity index (χ2v) is 6.07. The smallest absolute Gasteiger partial charge is 0.407 e. The van der Waals surface area contributed by atoms with Crippen molar-refractivity contribution in [1.82, 2.24) is 16.0 Å². The molecule has 0 radical (unpaired) electrons. The van der Waals surface area contributed by atoms with E-state index in [2.05, 4.69) is 16.0 Å². The van der Waals surface area contributed by atoms with Gasteiger partial charge in [0.25, 0.3) is 0 Å². The van der Waals surface area contributed by atoms with Gasteiger partial charge in [-0.25, -0.2) is 4.79 Å². The van der Waals surface area contributed by atoms with Crippen molar-refractivity contribution in [2.75, 3.05) is 13.1 Å². The van der Waals surface area contributed by atoms with Crippen LogP contribution in [0.3, 0.4) is 0 Å². The van der Waals surface area contributed by atoms with Gasteiger partial charge in [0.05, 0.1) is 6.10 Å². The lowest BCUT2D eigenvalue weighted by Crippen LogP contribution is -2.53. The average molecular weight is 303 g/mol. The van der Waals surface area contributed by atoms with Crippen LogP contribution in [0.4, 0.5) is 4.79 Å². The third kappa shape index (κ3) is 9.25. The molecule has 7 nitrogen and oxygen atoms in total. The quantitative estimate of drug-likeness (QED) is 0.545. The summed E-state index contributed by atoms with van der Waals surface area (Å²) in [5.41, 5.74) is -0.555. The summed E-state index contributed by atoms with van der Waals surface area (Å²) in [4.78, 5) is 23.4. The van der Waals surface area contributed by atoms with Gasteiger partial charge in [-0.1, -0.05) is 0 Å². The first-order chi connectivity index (χ1) is 9.56. The van der Waals surface area contributed by atoms with Crippen molar-refractivity contribution >= 4 is 12.0 Å². The van der Waals surface area contributed by atoms with E-state index in [-0.39, 0.29) is 11.9 Å². The van der Waals surface area contributed by atoms with Gasteiger partial charge in [-0.15, -0.1) is 0 Å². The number of likely N-dealkylation sites (N-methyl/N-ethyl adjacent to an activating group) is 1. The Bertz CT molecular complexity index is 340. The molecule has 0 heterocycles. The zero-order chi connectivity index (χ0) is 16.6. The van der Waals surface area contributed by atoms with Crippen molar-refractivity contribution < 1.29 is 19.4 Å². The maximum Gasteiger partial charge on any atom is 0.407 e. The van der Waals surface area contributed by atoms with Crippen LogP contribution in [-0.4, -0.2) is 54.0 Å². The summed E-state index contributed by atoms with van der Waals surface area (Å²) in [5, 5.41) is 17.9. The molecule has 0 rings (SSSR count). The first kappa shape index (κ1) is 19.7. The lowest BCUT2D eigenvalue weighted by Gasteiger charge is -2.24. The van der Waals surface area contributed by atoms with Crippen LogP contribution in [0.15, 0.2) is 0 Å². The molecule has 0 bridgehead atoms. The van der Waals surface area contributed by atoms with Crippen LogP contribution in [0.25, 0.3) is 0 Å². The minimum Gasteiger partial charge on any atom is -0.444 e. The molecular weight excluding hydrogens is 274 g/mol. The number of hydrogen-bond donors (Lipinski definition) is 4. The molecule has 4 N–H and O–H groups in total. The first-order valence-corrected chi connectivity index (χ1v) is 7.25. The number of carbonyl (C=O) groups is 2. The number of aliphatic hydroxyl groups is 1. The molecule has 124 valence electrons. The highest BCUT2D eigenvalue weighted by Gasteiger charge is 2.24. The molecule has 0 aromatic carbocycles. The Kier molecular flexibility index (Phi) is 8.27. The molecule has 3 atom stereocenters. The zero-order valence-electron chi connectivity index (χ0n) is 13.8. The lowest BCUT2D eigenvalue weighted by molar-refractivity contribution is -0.125. The van der Waals surface area contributed by atoms with Gasteiger partial charge in [0.2, 0.25) is 5.91 Å². The van der Waals surface area contributed by atoms with Gasteiger partial charge < -0.3 is 25.8 Å². The molecule has 0 aliphatic rings. The minimum absolute atomic E-state index is 0.240. The fraction of sp³-hybridized carbons (Fsp3) is 0.857. The molecule has 0 saturated heterocycles. The summed E-state index contributed by atoms with van der Waals surface area (Å²) in [5.74, 6) is -0.267. The Hall–Kier alpha value is -1.34. The number of rotatable bonds is 7. The van der Waals surface area contributed by atoms with Gasteiger partial charge >= 0.3 is 6.09 Å². The number of aliphatic hydroxyl groups excluding tert-OH is 1. The van der Waals surface area contributed by atoms with Gasteiger partial charge in [-0.3, -0.25) is 4.79 Å². The third-order valence-electron chi connectivity index (χ3n) is 2.52. The van der Waals surface area contributed by atoms with Crippen LogP contribution in [0.2, 0.25) is 0 Å². The first-order valence-electron chi connectivity index (χ1n) is 7.25. The Labute approximate surface area is 126 Å². The molecule has 7 heteroatoms. The maximum absolute atomic E-state index is 11.8. The van der Waals surface area contributed by atoms with Crippen LogP contribution in [-0.2, 0) is 9.53 Å². The number of alkyl carbamates (subject to hydrolysis) is 1. The standard InChI is InChI=1S/C14H29N3O4/c1-7-15-12(19)11(10(3)18)16-8-9(2)17-13(20)21-14(4,5)6/h9-11,16,18H,7-8H2,1-6H3,(H,15,19)(H,17,20). The van der Waals surface area contributed by atoms with Gasteiger partial charge in [0.1, 0.15) is 11.6 Å². The summed E-state index contributed by atoms with van der Waals surface area (Å²) in [6.07, 6.45) is -1.34. The van der Waals surface area contributed by atoms with Crippen molar-refractivity contribution in [2.45, 2.75) is 65.3 Å². The van der Waals surface area contributed by atoms with E-state index in [9.17, 15) is 14.7 Å². The fourth-order valence-corrected chi connectivity index (χ4v) is 1.63. The predicted octanol–water partition coefficient (Wildman–Crippen LogP) is 0.375. The summed E-state index contributed by atoms with van der Waals surface area (Å²) >= 11 is 0. The molecule has 3 unspecified atom stereocenters. The number of hydrogen-bond acceptors (Lipinski definition) is 5. The van der Waals surface area contributed by atoms with Crippen LogP contribution < -0.4 is 16.0 Å². The number of nitrogens with one attached hydrogen (secondary N) is 3.